The molecule has 20 heavy (non-hydrogen) atoms. The first-order valence-electron chi connectivity index (χ1n) is 7.04. The predicted octanol–water partition coefficient (Wildman–Crippen LogP) is 3.87. The molecule has 1 heterocycles. The Morgan fingerprint density at radius 3 is 2.40 bits per heavy atom. The molecule has 0 spiro atoms. The third-order valence-electron chi connectivity index (χ3n) is 3.76. The van der Waals surface area contributed by atoms with Crippen molar-refractivity contribution in [1.82, 2.24) is 5.32 Å². The monoisotopic (exact) mass is 289 g/mol. The summed E-state index contributed by atoms with van der Waals surface area (Å²) in [5.74, 6) is 0.531. The molecule has 1 aromatic carbocycles. The molecule has 0 bridgehead atoms. The van der Waals surface area contributed by atoms with E-state index in [-0.39, 0.29) is 6.61 Å². The second-order valence-electron chi connectivity index (χ2n) is 5.70. The van der Waals surface area contributed by atoms with E-state index < -0.39 is 5.54 Å². The molecule has 108 valence electrons. The Bertz CT molecular complexity index is 518. The van der Waals surface area contributed by atoms with Gasteiger partial charge >= 0.3 is 0 Å². The minimum atomic E-state index is -0.403. The highest BCUT2D eigenvalue weighted by Gasteiger charge is 2.25. The van der Waals surface area contributed by atoms with E-state index in [0.29, 0.717) is 5.92 Å². The lowest BCUT2D eigenvalue weighted by Gasteiger charge is -2.29. The van der Waals surface area contributed by atoms with Gasteiger partial charge in [-0.1, -0.05) is 44.2 Å². The maximum Gasteiger partial charge on any atom is 0.0652 e. The van der Waals surface area contributed by atoms with Crippen LogP contribution in [-0.4, -0.2) is 11.7 Å². The second-order valence-corrected chi connectivity index (χ2v) is 6.73. The lowest BCUT2D eigenvalue weighted by atomic mass is 9.90. The molecule has 0 aliphatic heterocycles. The van der Waals surface area contributed by atoms with Gasteiger partial charge in [0.05, 0.1) is 12.1 Å². The van der Waals surface area contributed by atoms with Crippen molar-refractivity contribution in [3.63, 3.8) is 0 Å². The van der Waals surface area contributed by atoms with Crippen LogP contribution in [0.4, 0.5) is 0 Å². The number of aliphatic hydroxyl groups is 1. The van der Waals surface area contributed by atoms with Crippen molar-refractivity contribution in [1.29, 1.82) is 0 Å². The Kier molecular flexibility index (Phi) is 4.97. The lowest BCUT2D eigenvalue weighted by Crippen LogP contribution is -2.42. The molecule has 1 aromatic heterocycles. The number of rotatable bonds is 6. The third kappa shape index (κ3) is 3.48. The van der Waals surface area contributed by atoms with Crippen LogP contribution in [0, 0.1) is 0 Å². The number of thiophene rings is 1. The summed E-state index contributed by atoms with van der Waals surface area (Å²) in [6.45, 7) is 7.29. The quantitative estimate of drug-likeness (QED) is 0.846. The fourth-order valence-corrected chi connectivity index (χ4v) is 2.83. The SMILES string of the molecule is CC(C)c1ccc(C(C)(CO)NCc2cccs2)cc1. The van der Waals surface area contributed by atoms with Crippen LogP contribution in [0.25, 0.3) is 0 Å². The molecule has 1 atom stereocenters. The number of hydrogen-bond donors (Lipinski definition) is 2. The predicted molar refractivity (Wildman–Crippen MR) is 86.1 cm³/mol. The zero-order valence-electron chi connectivity index (χ0n) is 12.4. The van der Waals surface area contributed by atoms with Crippen LogP contribution >= 0.6 is 11.3 Å². The van der Waals surface area contributed by atoms with Crippen LogP contribution in [0.15, 0.2) is 41.8 Å². The summed E-state index contributed by atoms with van der Waals surface area (Å²) in [7, 11) is 0. The lowest BCUT2D eigenvalue weighted by molar-refractivity contribution is 0.174. The van der Waals surface area contributed by atoms with Gasteiger partial charge in [-0.05, 0) is 35.4 Å². The van der Waals surface area contributed by atoms with Crippen LogP contribution in [0.1, 0.15) is 42.7 Å². The molecule has 0 fully saturated rings. The Balaban J connectivity index is 2.12. The fourth-order valence-electron chi connectivity index (χ4n) is 2.18. The van der Waals surface area contributed by atoms with Crippen LogP contribution in [0.5, 0.6) is 0 Å². The summed E-state index contributed by atoms with van der Waals surface area (Å²) in [4.78, 5) is 1.28. The van der Waals surface area contributed by atoms with Gasteiger partial charge in [0.15, 0.2) is 0 Å². The smallest absolute Gasteiger partial charge is 0.0652 e. The molecule has 2 N–H and O–H groups in total. The first-order chi connectivity index (χ1) is 9.55. The summed E-state index contributed by atoms with van der Waals surface area (Å²) in [5.41, 5.74) is 2.05. The number of aliphatic hydroxyl groups excluding tert-OH is 1. The van der Waals surface area contributed by atoms with Crippen molar-refractivity contribution in [3.8, 4) is 0 Å². The van der Waals surface area contributed by atoms with Crippen LogP contribution in [0.3, 0.4) is 0 Å². The summed E-state index contributed by atoms with van der Waals surface area (Å²) in [5, 5.41) is 15.3. The first kappa shape index (κ1) is 15.2. The van der Waals surface area contributed by atoms with Crippen LogP contribution < -0.4 is 5.32 Å². The Hall–Kier alpha value is -1.16. The highest BCUT2D eigenvalue weighted by molar-refractivity contribution is 7.09. The standard InChI is InChI=1S/C17H23NOS/c1-13(2)14-6-8-15(9-7-14)17(3,12-19)18-11-16-5-4-10-20-16/h4-10,13,18-19H,11-12H2,1-3H3. The van der Waals surface area contributed by atoms with Crippen LogP contribution in [0.2, 0.25) is 0 Å². The number of hydrogen-bond acceptors (Lipinski definition) is 3. The van der Waals surface area contributed by atoms with Gasteiger partial charge in [-0.2, -0.15) is 0 Å². The van der Waals surface area contributed by atoms with E-state index in [4.69, 9.17) is 0 Å². The molecule has 2 rings (SSSR count). The van der Waals surface area contributed by atoms with E-state index in [0.717, 1.165) is 12.1 Å². The van der Waals surface area contributed by atoms with E-state index in [1.165, 1.54) is 10.4 Å². The van der Waals surface area contributed by atoms with Crippen LogP contribution in [-0.2, 0) is 12.1 Å². The minimum absolute atomic E-state index is 0.0827. The molecule has 0 saturated heterocycles. The molecule has 0 aliphatic rings. The Morgan fingerprint density at radius 1 is 1.20 bits per heavy atom. The molecule has 2 aromatic rings. The number of benzene rings is 1. The Morgan fingerprint density at radius 2 is 1.90 bits per heavy atom. The molecule has 0 amide bonds. The van der Waals surface area contributed by atoms with Gasteiger partial charge in [-0.15, -0.1) is 11.3 Å². The minimum Gasteiger partial charge on any atom is -0.394 e. The fraction of sp³-hybridized carbons (Fsp3) is 0.412. The summed E-state index contributed by atoms with van der Waals surface area (Å²) in [6, 6.07) is 12.7. The van der Waals surface area contributed by atoms with Crippen molar-refractivity contribution in [3.05, 3.63) is 57.8 Å². The van der Waals surface area contributed by atoms with Crippen molar-refractivity contribution in [2.45, 2.75) is 38.8 Å². The second kappa shape index (κ2) is 6.53. The van der Waals surface area contributed by atoms with E-state index in [1.807, 2.05) is 6.92 Å². The summed E-state index contributed by atoms with van der Waals surface area (Å²) < 4.78 is 0. The number of nitrogens with one attached hydrogen (secondary N) is 1. The van der Waals surface area contributed by atoms with Gasteiger partial charge in [0.2, 0.25) is 0 Å². The van der Waals surface area contributed by atoms with Gasteiger partial charge < -0.3 is 10.4 Å². The van der Waals surface area contributed by atoms with E-state index >= 15 is 0 Å². The van der Waals surface area contributed by atoms with E-state index in [1.54, 1.807) is 11.3 Å². The van der Waals surface area contributed by atoms with E-state index in [9.17, 15) is 5.11 Å². The zero-order valence-corrected chi connectivity index (χ0v) is 13.2. The van der Waals surface area contributed by atoms with Gasteiger partial charge in [0.1, 0.15) is 0 Å². The Labute approximate surface area is 125 Å². The van der Waals surface area contributed by atoms with Crippen molar-refractivity contribution in [2.75, 3.05) is 6.61 Å². The third-order valence-corrected chi connectivity index (χ3v) is 4.64. The molecule has 0 radical (unpaired) electrons. The largest absolute Gasteiger partial charge is 0.394 e. The zero-order chi connectivity index (χ0) is 14.6. The molecular weight excluding hydrogens is 266 g/mol. The van der Waals surface area contributed by atoms with Gasteiger partial charge in [0, 0.05) is 11.4 Å². The first-order valence-corrected chi connectivity index (χ1v) is 7.92. The average Bonchev–Trinajstić information content (AvgIpc) is 2.98. The topological polar surface area (TPSA) is 32.3 Å². The summed E-state index contributed by atoms with van der Waals surface area (Å²) in [6.07, 6.45) is 0. The molecule has 0 aliphatic carbocycles. The summed E-state index contributed by atoms with van der Waals surface area (Å²) >= 11 is 1.73. The highest BCUT2D eigenvalue weighted by atomic mass is 32.1. The highest BCUT2D eigenvalue weighted by Crippen LogP contribution is 2.24. The van der Waals surface area contributed by atoms with Gasteiger partial charge in [-0.3, -0.25) is 0 Å². The molecular formula is C17H23NOS. The molecule has 3 heteroatoms. The maximum atomic E-state index is 9.79. The van der Waals surface area contributed by atoms with Crippen molar-refractivity contribution in [2.24, 2.45) is 0 Å². The van der Waals surface area contributed by atoms with Crippen molar-refractivity contribution < 1.29 is 5.11 Å². The molecule has 2 nitrogen and oxygen atoms in total. The normalized spacial score (nSPS) is 14.4. The van der Waals surface area contributed by atoms with Gasteiger partial charge in [-0.25, -0.2) is 0 Å². The molecule has 0 saturated carbocycles. The van der Waals surface area contributed by atoms with Crippen molar-refractivity contribution >= 4 is 11.3 Å². The van der Waals surface area contributed by atoms with Gasteiger partial charge in [0.25, 0.3) is 0 Å². The molecule has 1 unspecified atom stereocenters. The maximum absolute atomic E-state index is 9.79. The average molecular weight is 289 g/mol. The van der Waals surface area contributed by atoms with E-state index in [2.05, 4.69) is 60.9 Å².